The fourth-order valence-corrected chi connectivity index (χ4v) is 3.60. The highest BCUT2D eigenvalue weighted by atomic mass is 28.4. The Labute approximate surface area is 141 Å². The Hall–Kier alpha value is 0.314. The molecule has 0 saturated carbocycles. The Kier molecular flexibility index (Phi) is 8.04. The Morgan fingerprint density at radius 2 is 1.23 bits per heavy atom. The van der Waals surface area contributed by atoms with Crippen molar-refractivity contribution in [1.29, 1.82) is 0 Å². The minimum atomic E-state index is -1.75. The van der Waals surface area contributed by atoms with E-state index in [1.807, 2.05) is 0 Å². The van der Waals surface area contributed by atoms with Crippen molar-refractivity contribution in [3.63, 3.8) is 0 Å². The lowest BCUT2D eigenvalue weighted by Crippen LogP contribution is -2.42. The lowest BCUT2D eigenvalue weighted by atomic mass is 10.2. The monoisotopic (exact) mass is 348 g/mol. The zero-order valence-corrected chi connectivity index (χ0v) is 18.7. The van der Waals surface area contributed by atoms with E-state index in [-0.39, 0.29) is 16.2 Å². The molecule has 0 saturated heterocycles. The van der Waals surface area contributed by atoms with Crippen LogP contribution in [0.25, 0.3) is 0 Å². The van der Waals surface area contributed by atoms with E-state index < -0.39 is 16.6 Å². The average Bonchev–Trinajstić information content (AvgIpc) is 2.29. The summed E-state index contributed by atoms with van der Waals surface area (Å²) in [5.74, 6) is 0. The predicted molar refractivity (Wildman–Crippen MR) is 102 cm³/mol. The average molecular weight is 349 g/mol. The summed E-state index contributed by atoms with van der Waals surface area (Å²) in [5, 5.41) is 10.6. The summed E-state index contributed by atoms with van der Waals surface area (Å²) in [6, 6.07) is 0. The molecule has 0 spiro atoms. The molecule has 0 aromatic heterocycles. The molecule has 0 amide bonds. The van der Waals surface area contributed by atoms with E-state index in [2.05, 4.69) is 67.7 Å². The zero-order valence-electron chi connectivity index (χ0n) is 16.7. The molecule has 0 aliphatic rings. The van der Waals surface area contributed by atoms with E-state index >= 15 is 0 Å². The second-order valence-corrected chi connectivity index (χ2v) is 19.1. The van der Waals surface area contributed by atoms with Gasteiger partial charge in [0.15, 0.2) is 16.6 Å². The topological polar surface area (TPSA) is 38.7 Å². The summed E-state index contributed by atoms with van der Waals surface area (Å²) in [5.41, 5.74) is 0. The van der Waals surface area contributed by atoms with Crippen LogP contribution < -0.4 is 0 Å². The lowest BCUT2D eigenvalue weighted by molar-refractivity contribution is 0.0865. The Morgan fingerprint density at radius 1 is 0.818 bits per heavy atom. The van der Waals surface area contributed by atoms with Gasteiger partial charge in [-0.15, -0.1) is 0 Å². The third kappa shape index (κ3) is 7.26. The summed E-state index contributed by atoms with van der Waals surface area (Å²) >= 11 is 0. The van der Waals surface area contributed by atoms with Crippen molar-refractivity contribution in [1.82, 2.24) is 0 Å². The van der Waals surface area contributed by atoms with Crippen molar-refractivity contribution < 1.29 is 14.0 Å². The molecule has 0 bridgehead atoms. The van der Waals surface area contributed by atoms with Gasteiger partial charge in [0.05, 0.1) is 12.7 Å². The van der Waals surface area contributed by atoms with Crippen molar-refractivity contribution in [2.24, 2.45) is 0 Å². The normalized spacial score (nSPS) is 16.0. The van der Waals surface area contributed by atoms with Gasteiger partial charge < -0.3 is 14.0 Å². The second-order valence-electron chi connectivity index (χ2n) is 9.48. The summed E-state index contributed by atoms with van der Waals surface area (Å²) < 4.78 is 12.2. The number of aliphatic hydroxyl groups is 1. The molecule has 0 fully saturated rings. The van der Waals surface area contributed by atoms with Gasteiger partial charge in [-0.3, -0.25) is 0 Å². The van der Waals surface area contributed by atoms with E-state index in [9.17, 15) is 5.11 Å². The largest absolute Gasteiger partial charge is 0.417 e. The van der Waals surface area contributed by atoms with E-state index in [1.54, 1.807) is 0 Å². The van der Waals surface area contributed by atoms with Gasteiger partial charge in [0.2, 0.25) is 0 Å². The number of hydrogen-bond acceptors (Lipinski definition) is 3. The second kappa shape index (κ2) is 7.92. The van der Waals surface area contributed by atoms with Crippen LogP contribution in [0.1, 0.15) is 54.4 Å². The van der Waals surface area contributed by atoms with Crippen LogP contribution in [0.15, 0.2) is 0 Å². The molecule has 0 rings (SSSR count). The molecule has 22 heavy (non-hydrogen) atoms. The number of rotatable bonds is 8. The maximum Gasteiger partial charge on any atom is 0.192 e. The molecule has 3 nitrogen and oxygen atoms in total. The first-order valence-electron chi connectivity index (χ1n) is 8.56. The summed E-state index contributed by atoms with van der Waals surface area (Å²) in [6.45, 7) is 23.6. The van der Waals surface area contributed by atoms with Crippen LogP contribution in [-0.4, -0.2) is 41.1 Å². The molecule has 5 heteroatoms. The fraction of sp³-hybridized carbons (Fsp3) is 1.00. The van der Waals surface area contributed by atoms with Gasteiger partial charge in [0.1, 0.15) is 0 Å². The predicted octanol–water partition coefficient (Wildman–Crippen LogP) is 5.17. The van der Waals surface area contributed by atoms with Crippen molar-refractivity contribution in [2.45, 2.75) is 96.8 Å². The van der Waals surface area contributed by atoms with Crippen LogP contribution >= 0.6 is 0 Å². The van der Waals surface area contributed by atoms with Gasteiger partial charge in [-0.05, 0) is 49.1 Å². The third-order valence-corrected chi connectivity index (χ3v) is 14.4. The van der Waals surface area contributed by atoms with E-state index in [0.717, 1.165) is 19.4 Å². The molecule has 1 N–H and O–H groups in total. The molecule has 134 valence electrons. The van der Waals surface area contributed by atoms with Gasteiger partial charge >= 0.3 is 0 Å². The highest BCUT2D eigenvalue weighted by Crippen LogP contribution is 2.37. The van der Waals surface area contributed by atoms with E-state index in [1.165, 1.54) is 0 Å². The molecular weight excluding hydrogens is 308 g/mol. The number of hydrogen-bond donors (Lipinski definition) is 1. The molecular formula is C17H40O3Si2. The molecule has 0 radical (unpaired) electrons. The van der Waals surface area contributed by atoms with Gasteiger partial charge in [-0.2, -0.15) is 0 Å². The summed E-state index contributed by atoms with van der Waals surface area (Å²) in [4.78, 5) is 0. The highest BCUT2D eigenvalue weighted by Gasteiger charge is 2.38. The van der Waals surface area contributed by atoms with E-state index in [0.29, 0.717) is 6.61 Å². The quantitative estimate of drug-likeness (QED) is 0.486. The maximum absolute atomic E-state index is 10.1. The van der Waals surface area contributed by atoms with Gasteiger partial charge in [-0.1, -0.05) is 41.5 Å². The molecule has 0 aromatic carbocycles. The first-order valence-corrected chi connectivity index (χ1v) is 14.4. The highest BCUT2D eigenvalue weighted by molar-refractivity contribution is 6.74. The SMILES string of the molecule is CC(C)(C)[Si](C)(C)OCCCC(O)CO[Si](C)(C)C(C)(C)C. The standard InChI is InChI=1S/C17H40O3Si2/c1-16(2,3)21(7,8)19-13-11-12-15(18)14-20-22(9,10)17(4,5)6/h15,18H,11-14H2,1-10H3. The van der Waals surface area contributed by atoms with Crippen LogP contribution in [-0.2, 0) is 8.85 Å². The molecule has 1 unspecified atom stereocenters. The Bertz CT molecular complexity index is 328. The van der Waals surface area contributed by atoms with Gasteiger partial charge in [0.25, 0.3) is 0 Å². The molecule has 0 aliphatic heterocycles. The number of aliphatic hydroxyl groups excluding tert-OH is 1. The zero-order chi connectivity index (χ0) is 17.8. The molecule has 0 aliphatic carbocycles. The summed E-state index contributed by atoms with van der Waals surface area (Å²) in [6.07, 6.45) is 1.27. The van der Waals surface area contributed by atoms with Crippen molar-refractivity contribution >= 4 is 16.6 Å². The maximum atomic E-state index is 10.1. The van der Waals surface area contributed by atoms with Gasteiger partial charge in [0, 0.05) is 6.61 Å². The van der Waals surface area contributed by atoms with E-state index in [4.69, 9.17) is 8.85 Å². The minimum absolute atomic E-state index is 0.193. The first kappa shape index (κ1) is 22.3. The van der Waals surface area contributed by atoms with Crippen LogP contribution in [0.4, 0.5) is 0 Å². The van der Waals surface area contributed by atoms with Crippen LogP contribution in [0.3, 0.4) is 0 Å². The van der Waals surface area contributed by atoms with Crippen LogP contribution in [0.2, 0.25) is 36.3 Å². The third-order valence-electron chi connectivity index (χ3n) is 5.39. The molecule has 0 heterocycles. The van der Waals surface area contributed by atoms with Crippen LogP contribution in [0.5, 0.6) is 0 Å². The van der Waals surface area contributed by atoms with Crippen molar-refractivity contribution in [3.8, 4) is 0 Å². The van der Waals surface area contributed by atoms with Crippen molar-refractivity contribution in [3.05, 3.63) is 0 Å². The molecule has 1 atom stereocenters. The Morgan fingerprint density at radius 3 is 1.64 bits per heavy atom. The Balaban J connectivity index is 4.05. The first-order chi connectivity index (χ1) is 9.60. The van der Waals surface area contributed by atoms with Gasteiger partial charge in [-0.25, -0.2) is 0 Å². The smallest absolute Gasteiger partial charge is 0.192 e. The van der Waals surface area contributed by atoms with Crippen LogP contribution in [0, 0.1) is 0 Å². The fourth-order valence-electron chi connectivity index (χ4n) is 1.47. The lowest BCUT2D eigenvalue weighted by Gasteiger charge is -2.37. The van der Waals surface area contributed by atoms with Crippen molar-refractivity contribution in [2.75, 3.05) is 13.2 Å². The molecule has 0 aromatic rings. The summed E-state index contributed by atoms with van der Waals surface area (Å²) in [7, 11) is -3.41. The minimum Gasteiger partial charge on any atom is -0.417 e.